The molecule has 1 saturated heterocycles. The Morgan fingerprint density at radius 3 is 2.58 bits per heavy atom. The van der Waals surface area contributed by atoms with Crippen molar-refractivity contribution in [1.82, 2.24) is 15.5 Å². The van der Waals surface area contributed by atoms with Gasteiger partial charge in [-0.2, -0.15) is 0 Å². The number of hydrogen-bond donors (Lipinski definition) is 2. The van der Waals surface area contributed by atoms with Crippen molar-refractivity contribution in [2.75, 3.05) is 13.1 Å². The molecule has 2 amide bonds. The zero-order chi connectivity index (χ0) is 16.8. The molecule has 2 N–H and O–H groups in total. The first-order valence-electron chi connectivity index (χ1n) is 8.24. The largest absolute Gasteiger partial charge is 0.334 e. The van der Waals surface area contributed by atoms with E-state index in [1.165, 1.54) is 17.7 Å². The Bertz CT molecular complexity index is 660. The highest BCUT2D eigenvalue weighted by Gasteiger charge is 2.23. The molecular weight excluding hydrogens is 305 g/mol. The zero-order valence-corrected chi connectivity index (χ0v) is 13.5. The van der Waals surface area contributed by atoms with Gasteiger partial charge in [-0.3, -0.25) is 4.90 Å². The van der Waals surface area contributed by atoms with Crippen LogP contribution in [-0.2, 0) is 13.1 Å². The van der Waals surface area contributed by atoms with Crippen molar-refractivity contribution in [2.45, 2.75) is 25.6 Å². The molecular formula is C19H22FN3O. The third kappa shape index (κ3) is 4.80. The summed E-state index contributed by atoms with van der Waals surface area (Å²) in [4.78, 5) is 14.3. The molecule has 1 aliphatic rings. The Labute approximate surface area is 141 Å². The van der Waals surface area contributed by atoms with Gasteiger partial charge < -0.3 is 10.6 Å². The lowest BCUT2D eigenvalue weighted by atomic mass is 10.2. The first-order chi connectivity index (χ1) is 11.7. The van der Waals surface area contributed by atoms with E-state index in [0.29, 0.717) is 6.54 Å². The van der Waals surface area contributed by atoms with Crippen molar-refractivity contribution in [3.63, 3.8) is 0 Å². The average molecular weight is 327 g/mol. The molecule has 1 fully saturated rings. The van der Waals surface area contributed by atoms with Crippen LogP contribution in [0.3, 0.4) is 0 Å². The fourth-order valence-electron chi connectivity index (χ4n) is 2.96. The number of carbonyl (C=O) groups excluding carboxylic acids is 1. The highest BCUT2D eigenvalue weighted by atomic mass is 19.1. The van der Waals surface area contributed by atoms with Gasteiger partial charge >= 0.3 is 6.03 Å². The monoisotopic (exact) mass is 327 g/mol. The van der Waals surface area contributed by atoms with Crippen LogP contribution in [0.15, 0.2) is 54.6 Å². The molecule has 2 aromatic carbocycles. The van der Waals surface area contributed by atoms with E-state index in [1.807, 2.05) is 18.2 Å². The van der Waals surface area contributed by atoms with E-state index in [0.717, 1.165) is 31.6 Å². The number of nitrogens with zero attached hydrogens (tertiary/aromatic N) is 1. The summed E-state index contributed by atoms with van der Waals surface area (Å²) in [6.45, 7) is 3.15. The summed E-state index contributed by atoms with van der Waals surface area (Å²) in [5.74, 6) is -0.271. The molecule has 1 heterocycles. The molecule has 3 rings (SSSR count). The molecule has 4 nitrogen and oxygen atoms in total. The molecule has 0 radical (unpaired) electrons. The third-order valence-electron chi connectivity index (χ3n) is 4.22. The average Bonchev–Trinajstić information content (AvgIpc) is 3.02. The standard InChI is InChI=1S/C19H22FN3O/c20-17-8-6-15(7-9-17)12-21-19(24)22-18-10-11-23(14-18)13-16-4-2-1-3-5-16/h1-9,18H,10-14H2,(H2,21,22,24)/t18-/m1/s1. The molecule has 0 aromatic heterocycles. The van der Waals surface area contributed by atoms with Crippen LogP contribution in [0.2, 0.25) is 0 Å². The normalized spacial score (nSPS) is 17.6. The smallest absolute Gasteiger partial charge is 0.315 e. The number of rotatable bonds is 5. The molecule has 0 aliphatic carbocycles. The van der Waals surface area contributed by atoms with Gasteiger partial charge in [-0.25, -0.2) is 9.18 Å². The Balaban J connectivity index is 1.40. The van der Waals surface area contributed by atoms with Crippen molar-refractivity contribution < 1.29 is 9.18 Å². The maximum atomic E-state index is 12.8. The molecule has 0 spiro atoms. The van der Waals surface area contributed by atoms with E-state index in [-0.39, 0.29) is 17.9 Å². The Hall–Kier alpha value is -2.40. The van der Waals surface area contributed by atoms with Crippen molar-refractivity contribution in [3.8, 4) is 0 Å². The summed E-state index contributed by atoms with van der Waals surface area (Å²) < 4.78 is 12.8. The number of benzene rings is 2. The minimum absolute atomic E-state index is 0.168. The van der Waals surface area contributed by atoms with E-state index in [1.54, 1.807) is 12.1 Å². The maximum absolute atomic E-state index is 12.8. The van der Waals surface area contributed by atoms with Crippen LogP contribution in [0.5, 0.6) is 0 Å². The number of hydrogen-bond acceptors (Lipinski definition) is 2. The second-order valence-electron chi connectivity index (χ2n) is 6.16. The predicted molar refractivity (Wildman–Crippen MR) is 91.9 cm³/mol. The summed E-state index contributed by atoms with van der Waals surface area (Å²) in [6.07, 6.45) is 0.955. The number of nitrogens with one attached hydrogen (secondary N) is 2. The number of amides is 2. The van der Waals surface area contributed by atoms with Crippen LogP contribution in [-0.4, -0.2) is 30.1 Å². The molecule has 0 bridgehead atoms. The Morgan fingerprint density at radius 2 is 1.83 bits per heavy atom. The van der Waals surface area contributed by atoms with Crippen LogP contribution in [0.1, 0.15) is 17.5 Å². The van der Waals surface area contributed by atoms with Gasteiger partial charge in [0.2, 0.25) is 0 Å². The van der Waals surface area contributed by atoms with Gasteiger partial charge in [0.05, 0.1) is 0 Å². The lowest BCUT2D eigenvalue weighted by Gasteiger charge is -2.17. The first-order valence-corrected chi connectivity index (χ1v) is 8.24. The maximum Gasteiger partial charge on any atom is 0.315 e. The van der Waals surface area contributed by atoms with Crippen molar-refractivity contribution in [2.24, 2.45) is 0 Å². The van der Waals surface area contributed by atoms with Crippen LogP contribution in [0.4, 0.5) is 9.18 Å². The Kier molecular flexibility index (Phi) is 5.43. The van der Waals surface area contributed by atoms with E-state index in [2.05, 4.69) is 27.7 Å². The summed E-state index contributed by atoms with van der Waals surface area (Å²) >= 11 is 0. The van der Waals surface area contributed by atoms with Crippen molar-refractivity contribution in [3.05, 3.63) is 71.5 Å². The fourth-order valence-corrected chi connectivity index (χ4v) is 2.96. The van der Waals surface area contributed by atoms with E-state index in [9.17, 15) is 9.18 Å². The summed E-state index contributed by atoms with van der Waals surface area (Å²) in [5, 5.41) is 5.83. The summed E-state index contributed by atoms with van der Waals surface area (Å²) in [7, 11) is 0. The second-order valence-corrected chi connectivity index (χ2v) is 6.16. The van der Waals surface area contributed by atoms with Crippen molar-refractivity contribution >= 4 is 6.03 Å². The van der Waals surface area contributed by atoms with Crippen LogP contribution in [0.25, 0.3) is 0 Å². The molecule has 1 aliphatic heterocycles. The molecule has 1 atom stereocenters. The zero-order valence-electron chi connectivity index (χ0n) is 13.5. The fraction of sp³-hybridized carbons (Fsp3) is 0.316. The highest BCUT2D eigenvalue weighted by Crippen LogP contribution is 2.13. The van der Waals surface area contributed by atoms with Gasteiger partial charge in [-0.1, -0.05) is 42.5 Å². The third-order valence-corrected chi connectivity index (χ3v) is 4.22. The predicted octanol–water partition coefficient (Wildman–Crippen LogP) is 2.90. The van der Waals surface area contributed by atoms with Crippen molar-refractivity contribution in [1.29, 1.82) is 0 Å². The Morgan fingerprint density at radius 1 is 1.08 bits per heavy atom. The molecule has 0 unspecified atom stereocenters. The molecule has 0 saturated carbocycles. The molecule has 2 aromatic rings. The minimum Gasteiger partial charge on any atom is -0.334 e. The van der Waals surface area contributed by atoms with E-state index in [4.69, 9.17) is 0 Å². The molecule has 24 heavy (non-hydrogen) atoms. The van der Waals surface area contributed by atoms with Gasteiger partial charge in [-0.05, 0) is 29.7 Å². The number of halogens is 1. The van der Waals surface area contributed by atoms with Gasteiger partial charge in [0.1, 0.15) is 5.82 Å². The minimum atomic E-state index is -0.271. The first kappa shape index (κ1) is 16.5. The van der Waals surface area contributed by atoms with Gasteiger partial charge in [0, 0.05) is 32.2 Å². The van der Waals surface area contributed by atoms with Gasteiger partial charge in [-0.15, -0.1) is 0 Å². The van der Waals surface area contributed by atoms with Gasteiger partial charge in [0.15, 0.2) is 0 Å². The quantitative estimate of drug-likeness (QED) is 0.887. The van der Waals surface area contributed by atoms with E-state index < -0.39 is 0 Å². The highest BCUT2D eigenvalue weighted by molar-refractivity contribution is 5.74. The topological polar surface area (TPSA) is 44.4 Å². The van der Waals surface area contributed by atoms with Crippen LogP contribution in [0, 0.1) is 5.82 Å². The summed E-state index contributed by atoms with van der Waals surface area (Å²) in [6, 6.07) is 16.5. The second kappa shape index (κ2) is 7.93. The van der Waals surface area contributed by atoms with E-state index >= 15 is 0 Å². The van der Waals surface area contributed by atoms with Gasteiger partial charge in [0.25, 0.3) is 0 Å². The number of urea groups is 1. The number of carbonyl (C=O) groups is 1. The summed E-state index contributed by atoms with van der Waals surface area (Å²) in [5.41, 5.74) is 2.17. The SMILES string of the molecule is O=C(NCc1ccc(F)cc1)N[C@@H]1CCN(Cc2ccccc2)C1. The van der Waals surface area contributed by atoms with Crippen LogP contribution >= 0.6 is 0 Å². The number of likely N-dealkylation sites (tertiary alicyclic amines) is 1. The lowest BCUT2D eigenvalue weighted by Crippen LogP contribution is -2.43. The lowest BCUT2D eigenvalue weighted by molar-refractivity contribution is 0.235. The van der Waals surface area contributed by atoms with Crippen LogP contribution < -0.4 is 10.6 Å². The molecule has 5 heteroatoms. The molecule has 126 valence electrons.